The SMILES string of the molecule is CC.CC.CNc1cc(C)ccc1OC1OC(S)C(O)C(O)C1O. The number of hydrogen-bond donors (Lipinski definition) is 5. The molecule has 1 aliphatic heterocycles. The molecule has 5 atom stereocenters. The summed E-state index contributed by atoms with van der Waals surface area (Å²) in [5.41, 5.74) is 0.855. The third-order valence-corrected chi connectivity index (χ3v) is 3.62. The normalized spacial score (nSPS) is 28.7. The minimum atomic E-state index is -1.38. The van der Waals surface area contributed by atoms with Crippen molar-refractivity contribution in [3.05, 3.63) is 23.8 Å². The number of anilines is 1. The zero-order valence-electron chi connectivity index (χ0n) is 15.2. The van der Waals surface area contributed by atoms with Gasteiger partial charge >= 0.3 is 0 Å². The molecule has 0 amide bonds. The van der Waals surface area contributed by atoms with E-state index in [4.69, 9.17) is 9.47 Å². The molecule has 0 bridgehead atoms. The van der Waals surface area contributed by atoms with E-state index in [0.29, 0.717) is 5.75 Å². The Kier molecular flexibility index (Phi) is 11.1. The first-order chi connectivity index (χ1) is 11.4. The van der Waals surface area contributed by atoms with Crippen LogP contribution < -0.4 is 10.1 Å². The van der Waals surface area contributed by atoms with E-state index in [1.54, 1.807) is 13.1 Å². The van der Waals surface area contributed by atoms with Crippen LogP contribution in [0.3, 0.4) is 0 Å². The van der Waals surface area contributed by atoms with E-state index in [9.17, 15) is 15.3 Å². The maximum absolute atomic E-state index is 9.89. The summed E-state index contributed by atoms with van der Waals surface area (Å²) in [7, 11) is 1.75. The quantitative estimate of drug-likeness (QED) is 0.530. The number of ether oxygens (including phenoxy) is 2. The van der Waals surface area contributed by atoms with Gasteiger partial charge in [-0.1, -0.05) is 33.8 Å². The van der Waals surface area contributed by atoms with Gasteiger partial charge in [-0.05, 0) is 24.6 Å². The van der Waals surface area contributed by atoms with Gasteiger partial charge in [0, 0.05) is 7.05 Å². The van der Waals surface area contributed by atoms with E-state index in [1.165, 1.54) is 0 Å². The molecule has 1 fully saturated rings. The Morgan fingerprint density at radius 3 is 2.17 bits per heavy atom. The Hall–Kier alpha value is -0.990. The van der Waals surface area contributed by atoms with Gasteiger partial charge in [-0.15, -0.1) is 12.6 Å². The summed E-state index contributed by atoms with van der Waals surface area (Å²) in [4.78, 5) is 0. The van der Waals surface area contributed by atoms with Crippen molar-refractivity contribution >= 4 is 18.3 Å². The number of nitrogens with one attached hydrogen (secondary N) is 1. The smallest absolute Gasteiger partial charge is 0.230 e. The monoisotopic (exact) mass is 361 g/mol. The van der Waals surface area contributed by atoms with Crippen molar-refractivity contribution in [2.75, 3.05) is 12.4 Å². The van der Waals surface area contributed by atoms with Gasteiger partial charge in [-0.2, -0.15) is 0 Å². The first-order valence-electron chi connectivity index (χ1n) is 8.27. The topological polar surface area (TPSA) is 91.2 Å². The number of hydrogen-bond acceptors (Lipinski definition) is 7. The Labute approximate surface area is 150 Å². The third kappa shape index (κ3) is 5.82. The molecule has 0 spiro atoms. The van der Waals surface area contributed by atoms with E-state index in [1.807, 2.05) is 46.8 Å². The fourth-order valence-corrected chi connectivity index (χ4v) is 2.29. The highest BCUT2D eigenvalue weighted by Crippen LogP contribution is 2.30. The second-order valence-corrected chi connectivity index (χ2v) is 5.24. The number of aliphatic hydroxyl groups excluding tert-OH is 3. The van der Waals surface area contributed by atoms with E-state index in [0.717, 1.165) is 11.3 Å². The molecule has 2 rings (SSSR count). The minimum Gasteiger partial charge on any atom is -0.460 e. The molecular formula is C17H31NO5S. The summed E-state index contributed by atoms with van der Waals surface area (Å²) in [6.07, 6.45) is -5.11. The van der Waals surface area contributed by atoms with E-state index >= 15 is 0 Å². The Bertz CT molecular complexity index is 474. The van der Waals surface area contributed by atoms with Crippen LogP contribution in [0.1, 0.15) is 33.3 Å². The first kappa shape index (κ1) is 23.0. The van der Waals surface area contributed by atoms with Crippen LogP contribution in [-0.2, 0) is 4.74 Å². The molecule has 1 heterocycles. The zero-order chi connectivity index (χ0) is 18.9. The van der Waals surface area contributed by atoms with Crippen LogP contribution in [0.5, 0.6) is 5.75 Å². The van der Waals surface area contributed by atoms with Gasteiger partial charge in [-0.25, -0.2) is 0 Å². The predicted octanol–water partition coefficient (Wildman–Crippen LogP) is 2.16. The summed E-state index contributed by atoms with van der Waals surface area (Å²) in [5.74, 6) is 0.478. The standard InChI is InChI=1S/C13H19NO5S.2C2H6/c1-6-3-4-8(7(5-6)14-2)18-12-10(16)9(15)11(17)13(20)19-12;2*1-2/h3-5,9-17,20H,1-2H3;2*1-2H3. The second-order valence-electron chi connectivity index (χ2n) is 4.73. The largest absolute Gasteiger partial charge is 0.460 e. The molecule has 4 N–H and O–H groups in total. The maximum Gasteiger partial charge on any atom is 0.230 e. The molecule has 0 saturated carbocycles. The van der Waals surface area contributed by atoms with E-state index in [2.05, 4.69) is 17.9 Å². The molecule has 1 saturated heterocycles. The molecule has 0 radical (unpaired) electrons. The van der Waals surface area contributed by atoms with Crippen LogP contribution in [0.25, 0.3) is 0 Å². The lowest BCUT2D eigenvalue weighted by atomic mass is 10.1. The van der Waals surface area contributed by atoms with Crippen LogP contribution >= 0.6 is 12.6 Å². The molecule has 6 nitrogen and oxygen atoms in total. The van der Waals surface area contributed by atoms with Gasteiger partial charge in [0.05, 0.1) is 5.69 Å². The van der Waals surface area contributed by atoms with Crippen molar-refractivity contribution in [3.8, 4) is 5.75 Å². The first-order valence-corrected chi connectivity index (χ1v) is 8.78. The van der Waals surface area contributed by atoms with Gasteiger partial charge in [-0.3, -0.25) is 0 Å². The summed E-state index contributed by atoms with van der Waals surface area (Å²) in [6, 6.07) is 5.48. The molecular weight excluding hydrogens is 330 g/mol. The number of aryl methyl sites for hydroxylation is 1. The third-order valence-electron chi connectivity index (χ3n) is 3.19. The highest BCUT2D eigenvalue weighted by molar-refractivity contribution is 7.80. The van der Waals surface area contributed by atoms with Crippen LogP contribution in [0.2, 0.25) is 0 Å². The molecule has 1 aromatic carbocycles. The zero-order valence-corrected chi connectivity index (χ0v) is 16.1. The lowest BCUT2D eigenvalue weighted by Gasteiger charge is -2.38. The summed E-state index contributed by atoms with van der Waals surface area (Å²) < 4.78 is 10.8. The van der Waals surface area contributed by atoms with E-state index < -0.39 is 30.0 Å². The van der Waals surface area contributed by atoms with Gasteiger partial charge in [0.2, 0.25) is 6.29 Å². The van der Waals surface area contributed by atoms with Gasteiger partial charge in [0.25, 0.3) is 0 Å². The van der Waals surface area contributed by atoms with Gasteiger partial charge < -0.3 is 30.1 Å². The van der Waals surface area contributed by atoms with Crippen LogP contribution in [-0.4, -0.2) is 52.4 Å². The van der Waals surface area contributed by atoms with Crippen molar-refractivity contribution in [2.24, 2.45) is 0 Å². The van der Waals surface area contributed by atoms with Crippen LogP contribution in [0, 0.1) is 6.92 Å². The van der Waals surface area contributed by atoms with E-state index in [-0.39, 0.29) is 0 Å². The fraction of sp³-hybridized carbons (Fsp3) is 0.647. The molecule has 1 aromatic rings. The lowest BCUT2D eigenvalue weighted by Crippen LogP contribution is -2.57. The maximum atomic E-state index is 9.89. The highest BCUT2D eigenvalue weighted by Gasteiger charge is 2.43. The van der Waals surface area contributed by atoms with Crippen LogP contribution in [0.4, 0.5) is 5.69 Å². The molecule has 24 heavy (non-hydrogen) atoms. The Morgan fingerprint density at radius 1 is 1.04 bits per heavy atom. The molecule has 5 unspecified atom stereocenters. The lowest BCUT2D eigenvalue weighted by molar-refractivity contribution is -0.251. The fourth-order valence-electron chi connectivity index (χ4n) is 1.99. The number of thiol groups is 1. The molecule has 0 aromatic heterocycles. The summed E-state index contributed by atoms with van der Waals surface area (Å²) in [5, 5.41) is 32.1. The molecule has 7 heteroatoms. The molecule has 0 aliphatic carbocycles. The summed E-state index contributed by atoms with van der Waals surface area (Å²) >= 11 is 4.01. The number of benzene rings is 1. The number of rotatable bonds is 3. The average Bonchev–Trinajstić information content (AvgIpc) is 2.62. The Balaban J connectivity index is 0.00000123. The Morgan fingerprint density at radius 2 is 1.62 bits per heavy atom. The minimum absolute atomic E-state index is 0.478. The molecule has 140 valence electrons. The molecule has 1 aliphatic rings. The van der Waals surface area contributed by atoms with Crippen molar-refractivity contribution in [1.82, 2.24) is 0 Å². The van der Waals surface area contributed by atoms with Gasteiger partial charge in [0.1, 0.15) is 29.5 Å². The van der Waals surface area contributed by atoms with Crippen molar-refractivity contribution < 1.29 is 24.8 Å². The average molecular weight is 362 g/mol. The number of aliphatic hydroxyl groups is 3. The van der Waals surface area contributed by atoms with Crippen molar-refractivity contribution in [2.45, 2.75) is 64.7 Å². The second kappa shape index (κ2) is 11.5. The van der Waals surface area contributed by atoms with Crippen LogP contribution in [0.15, 0.2) is 18.2 Å². The highest BCUT2D eigenvalue weighted by atomic mass is 32.1. The predicted molar refractivity (Wildman–Crippen MR) is 99.7 cm³/mol. The van der Waals surface area contributed by atoms with Crippen molar-refractivity contribution in [3.63, 3.8) is 0 Å². The van der Waals surface area contributed by atoms with Crippen molar-refractivity contribution in [1.29, 1.82) is 0 Å². The summed E-state index contributed by atoms with van der Waals surface area (Å²) in [6.45, 7) is 9.94. The van der Waals surface area contributed by atoms with Gasteiger partial charge in [0.15, 0.2) is 0 Å².